The average molecular weight is 436 g/mol. The number of hydrazone groups is 1. The quantitative estimate of drug-likeness (QED) is 0.570. The van der Waals surface area contributed by atoms with Crippen molar-refractivity contribution in [2.45, 2.75) is 18.9 Å². The van der Waals surface area contributed by atoms with Gasteiger partial charge in [0.1, 0.15) is 6.04 Å². The van der Waals surface area contributed by atoms with Crippen LogP contribution in [0.1, 0.15) is 28.8 Å². The van der Waals surface area contributed by atoms with Crippen LogP contribution in [0.5, 0.6) is 0 Å². The first kappa shape index (κ1) is 18.6. The molecule has 0 aromatic heterocycles. The number of halogens is 2. The van der Waals surface area contributed by atoms with E-state index in [0.29, 0.717) is 10.6 Å². The molecule has 3 rings (SSSR count). The van der Waals surface area contributed by atoms with Gasteiger partial charge in [0, 0.05) is 15.1 Å². The van der Waals surface area contributed by atoms with Crippen LogP contribution in [-0.2, 0) is 9.53 Å². The number of Topliss-reactive ketones (excluding diaryl/α,β-unsaturated/α-hetero) is 1. The van der Waals surface area contributed by atoms with Crippen molar-refractivity contribution in [1.29, 1.82) is 0 Å². The molecular weight excluding hydrogens is 420 g/mol. The first-order valence-electron chi connectivity index (χ1n) is 8.06. The second-order valence-electron chi connectivity index (χ2n) is 5.73. The van der Waals surface area contributed by atoms with Crippen LogP contribution in [0.15, 0.2) is 58.1 Å². The smallest absolute Gasteiger partial charge is 0.355 e. The summed E-state index contributed by atoms with van der Waals surface area (Å²) in [4.78, 5) is 25.3. The van der Waals surface area contributed by atoms with Crippen LogP contribution in [-0.4, -0.2) is 30.1 Å². The van der Waals surface area contributed by atoms with Crippen molar-refractivity contribution in [3.63, 3.8) is 0 Å². The van der Waals surface area contributed by atoms with Crippen LogP contribution in [0.4, 0.5) is 0 Å². The lowest BCUT2D eigenvalue weighted by Crippen LogP contribution is -2.37. The molecule has 1 aliphatic heterocycles. The molecule has 0 saturated heterocycles. The van der Waals surface area contributed by atoms with Crippen molar-refractivity contribution in [3.05, 3.63) is 69.2 Å². The first-order valence-corrected chi connectivity index (χ1v) is 9.24. The second kappa shape index (κ2) is 8.01. The summed E-state index contributed by atoms with van der Waals surface area (Å²) in [6.07, 6.45) is 0. The molecule has 0 amide bonds. The first-order chi connectivity index (χ1) is 12.5. The summed E-state index contributed by atoms with van der Waals surface area (Å²) in [6.45, 7) is 1.96. The highest BCUT2D eigenvalue weighted by Gasteiger charge is 2.41. The molecule has 2 aromatic rings. The summed E-state index contributed by atoms with van der Waals surface area (Å²) < 4.78 is 5.96. The number of carbonyl (C=O) groups is 2. The van der Waals surface area contributed by atoms with E-state index in [1.54, 1.807) is 31.2 Å². The van der Waals surface area contributed by atoms with Crippen LogP contribution >= 0.6 is 27.5 Å². The predicted molar refractivity (Wildman–Crippen MR) is 104 cm³/mol. The monoisotopic (exact) mass is 434 g/mol. The van der Waals surface area contributed by atoms with E-state index in [-0.39, 0.29) is 18.1 Å². The van der Waals surface area contributed by atoms with Crippen molar-refractivity contribution in [1.82, 2.24) is 5.43 Å². The molecule has 1 N–H and O–H groups in total. The van der Waals surface area contributed by atoms with E-state index in [2.05, 4.69) is 26.5 Å². The molecule has 0 saturated carbocycles. The molecule has 0 fully saturated rings. The molecule has 134 valence electrons. The van der Waals surface area contributed by atoms with Crippen LogP contribution in [0.2, 0.25) is 5.02 Å². The van der Waals surface area contributed by atoms with Crippen LogP contribution in [0, 0.1) is 0 Å². The Morgan fingerprint density at radius 1 is 1.23 bits per heavy atom. The average Bonchev–Trinajstić information content (AvgIpc) is 3.07. The molecule has 0 unspecified atom stereocenters. The number of nitrogens with one attached hydrogen (secondary N) is 1. The van der Waals surface area contributed by atoms with E-state index in [4.69, 9.17) is 16.3 Å². The second-order valence-corrected chi connectivity index (χ2v) is 7.08. The molecule has 5 nitrogen and oxygen atoms in total. The summed E-state index contributed by atoms with van der Waals surface area (Å²) in [5.74, 6) is -1.25. The van der Waals surface area contributed by atoms with E-state index >= 15 is 0 Å². The third-order valence-corrected chi connectivity index (χ3v) is 4.80. The fourth-order valence-corrected chi connectivity index (χ4v) is 3.42. The minimum atomic E-state index is -0.704. The van der Waals surface area contributed by atoms with Gasteiger partial charge < -0.3 is 4.74 Å². The SMILES string of the molecule is CCOC(=O)C1=NN[C@@H](C(=O)c2ccc(Cl)cc2)[C@H]1c1cccc(Br)c1. The molecule has 7 heteroatoms. The van der Waals surface area contributed by atoms with Gasteiger partial charge in [0.2, 0.25) is 0 Å². The van der Waals surface area contributed by atoms with Gasteiger partial charge in [-0.05, 0) is 48.9 Å². The zero-order chi connectivity index (χ0) is 18.7. The maximum atomic E-state index is 13.0. The summed E-state index contributed by atoms with van der Waals surface area (Å²) >= 11 is 9.33. The van der Waals surface area contributed by atoms with Crippen LogP contribution in [0.25, 0.3) is 0 Å². The van der Waals surface area contributed by atoms with Gasteiger partial charge in [-0.1, -0.05) is 39.7 Å². The lowest BCUT2D eigenvalue weighted by atomic mass is 9.84. The minimum absolute atomic E-state index is 0.172. The standard InChI is InChI=1S/C19H16BrClN2O3/c1-2-26-19(25)17-15(12-4-3-5-13(20)10-12)16(22-23-17)18(24)11-6-8-14(21)9-7-11/h3-10,15-16,22H,2H2,1H3/t15-,16-/m1/s1. The Bertz CT molecular complexity index is 867. The Morgan fingerprint density at radius 3 is 2.62 bits per heavy atom. The van der Waals surface area contributed by atoms with Gasteiger partial charge in [-0.25, -0.2) is 4.79 Å². The topological polar surface area (TPSA) is 67.8 Å². The molecule has 2 aromatic carbocycles. The molecule has 2 atom stereocenters. The number of hydrogen-bond donors (Lipinski definition) is 1. The third kappa shape index (κ3) is 3.81. The number of esters is 1. The van der Waals surface area contributed by atoms with E-state index < -0.39 is 17.9 Å². The summed E-state index contributed by atoms with van der Waals surface area (Å²) in [5.41, 5.74) is 4.30. The lowest BCUT2D eigenvalue weighted by Gasteiger charge is -2.20. The number of ether oxygens (including phenoxy) is 1. The minimum Gasteiger partial charge on any atom is -0.461 e. The summed E-state index contributed by atoms with van der Waals surface area (Å²) in [5, 5.41) is 4.67. The fourth-order valence-electron chi connectivity index (χ4n) is 2.87. The van der Waals surface area contributed by atoms with Crippen molar-refractivity contribution < 1.29 is 14.3 Å². The Labute approximate surface area is 164 Å². The van der Waals surface area contributed by atoms with Crippen LogP contribution < -0.4 is 5.43 Å². The molecule has 0 bridgehead atoms. The van der Waals surface area contributed by atoms with Crippen molar-refractivity contribution in [2.24, 2.45) is 5.10 Å². The van der Waals surface area contributed by atoms with Gasteiger partial charge >= 0.3 is 5.97 Å². The highest BCUT2D eigenvalue weighted by Crippen LogP contribution is 2.30. The largest absolute Gasteiger partial charge is 0.461 e. The van der Waals surface area contributed by atoms with E-state index in [0.717, 1.165) is 10.0 Å². The normalized spacial score (nSPS) is 18.8. The zero-order valence-corrected chi connectivity index (χ0v) is 16.3. The number of hydrogen-bond acceptors (Lipinski definition) is 5. The van der Waals surface area contributed by atoms with E-state index in [1.807, 2.05) is 24.3 Å². The number of ketones is 1. The highest BCUT2D eigenvalue weighted by molar-refractivity contribution is 9.10. The number of carbonyl (C=O) groups excluding carboxylic acids is 2. The summed E-state index contributed by atoms with van der Waals surface area (Å²) in [6, 6.07) is 13.4. The number of benzene rings is 2. The molecule has 0 spiro atoms. The molecule has 1 aliphatic rings. The zero-order valence-electron chi connectivity index (χ0n) is 13.9. The fraction of sp³-hybridized carbons (Fsp3) is 0.211. The van der Waals surface area contributed by atoms with Crippen LogP contribution in [0.3, 0.4) is 0 Å². The predicted octanol–water partition coefficient (Wildman–Crippen LogP) is 3.96. The van der Waals surface area contributed by atoms with Crippen molar-refractivity contribution >= 4 is 45.0 Å². The van der Waals surface area contributed by atoms with Gasteiger partial charge in [0.05, 0.1) is 12.5 Å². The van der Waals surface area contributed by atoms with Gasteiger partial charge in [-0.15, -0.1) is 0 Å². The summed E-state index contributed by atoms with van der Waals surface area (Å²) in [7, 11) is 0. The lowest BCUT2D eigenvalue weighted by molar-refractivity contribution is -0.135. The molecular formula is C19H16BrClN2O3. The van der Waals surface area contributed by atoms with Gasteiger partial charge in [-0.3, -0.25) is 10.2 Å². The Hall–Kier alpha value is -2.18. The van der Waals surface area contributed by atoms with Crippen molar-refractivity contribution in [2.75, 3.05) is 6.61 Å². The molecule has 0 aliphatic carbocycles. The number of rotatable bonds is 5. The van der Waals surface area contributed by atoms with E-state index in [9.17, 15) is 9.59 Å². The van der Waals surface area contributed by atoms with Gasteiger partial charge in [0.25, 0.3) is 0 Å². The Balaban J connectivity index is 1.98. The molecule has 0 radical (unpaired) electrons. The maximum absolute atomic E-state index is 13.0. The van der Waals surface area contributed by atoms with E-state index in [1.165, 1.54) is 0 Å². The molecule has 26 heavy (non-hydrogen) atoms. The van der Waals surface area contributed by atoms with Crippen molar-refractivity contribution in [3.8, 4) is 0 Å². The highest BCUT2D eigenvalue weighted by atomic mass is 79.9. The molecule has 1 heterocycles. The maximum Gasteiger partial charge on any atom is 0.355 e. The van der Waals surface area contributed by atoms with Gasteiger partial charge in [-0.2, -0.15) is 5.10 Å². The number of nitrogens with zero attached hydrogens (tertiary/aromatic N) is 1. The Kier molecular flexibility index (Phi) is 5.74. The third-order valence-electron chi connectivity index (χ3n) is 4.06. The Morgan fingerprint density at radius 2 is 1.96 bits per heavy atom. The van der Waals surface area contributed by atoms with Gasteiger partial charge in [0.15, 0.2) is 11.5 Å².